The fourth-order valence-corrected chi connectivity index (χ4v) is 2.18. The number of aryl methyl sites for hydroxylation is 1. The van der Waals surface area contributed by atoms with Gasteiger partial charge in [-0.1, -0.05) is 0 Å². The van der Waals surface area contributed by atoms with Crippen LogP contribution in [0.2, 0.25) is 0 Å². The Kier molecular flexibility index (Phi) is 2.58. The third-order valence-corrected chi connectivity index (χ3v) is 3.41. The highest BCUT2D eigenvalue weighted by Crippen LogP contribution is 2.40. The third-order valence-electron chi connectivity index (χ3n) is 3.41. The summed E-state index contributed by atoms with van der Waals surface area (Å²) >= 11 is 0. The molecule has 1 aliphatic rings. The van der Waals surface area contributed by atoms with Crippen molar-refractivity contribution in [2.75, 3.05) is 6.61 Å². The summed E-state index contributed by atoms with van der Waals surface area (Å²) in [7, 11) is 0. The first-order valence-corrected chi connectivity index (χ1v) is 5.59. The molecule has 1 aliphatic heterocycles. The van der Waals surface area contributed by atoms with E-state index in [2.05, 4.69) is 0 Å². The summed E-state index contributed by atoms with van der Waals surface area (Å²) < 4.78 is 5.87. The molecule has 1 aromatic rings. The summed E-state index contributed by atoms with van der Waals surface area (Å²) in [5.41, 5.74) is 2.41. The van der Waals surface area contributed by atoms with E-state index in [4.69, 9.17) is 4.74 Å². The number of benzene rings is 1. The number of aliphatic hydroxyl groups excluding tert-OH is 1. The van der Waals surface area contributed by atoms with E-state index in [0.29, 0.717) is 5.75 Å². The second kappa shape index (κ2) is 3.67. The van der Waals surface area contributed by atoms with Crippen LogP contribution in [0.25, 0.3) is 0 Å². The van der Waals surface area contributed by atoms with E-state index >= 15 is 0 Å². The van der Waals surface area contributed by atoms with E-state index in [1.165, 1.54) is 0 Å². The van der Waals surface area contributed by atoms with Crippen LogP contribution in [-0.4, -0.2) is 22.4 Å². The Labute approximate surface area is 95.7 Å². The number of fused-ring (bicyclic) bond motifs is 1. The zero-order valence-electron chi connectivity index (χ0n) is 10.0. The maximum Gasteiger partial charge on any atom is 0.129 e. The summed E-state index contributed by atoms with van der Waals surface area (Å²) in [5, 5.41) is 19.1. The van der Waals surface area contributed by atoms with Crippen LogP contribution in [-0.2, 0) is 6.42 Å². The van der Waals surface area contributed by atoms with E-state index in [0.717, 1.165) is 35.3 Å². The largest absolute Gasteiger partial charge is 0.508 e. The van der Waals surface area contributed by atoms with Crippen LogP contribution in [0.4, 0.5) is 0 Å². The van der Waals surface area contributed by atoms with Gasteiger partial charge in [0.2, 0.25) is 0 Å². The van der Waals surface area contributed by atoms with Crippen molar-refractivity contribution in [3.8, 4) is 11.5 Å². The van der Waals surface area contributed by atoms with Gasteiger partial charge in [-0.25, -0.2) is 0 Å². The lowest BCUT2D eigenvalue weighted by Gasteiger charge is -2.36. The van der Waals surface area contributed by atoms with Crippen molar-refractivity contribution < 1.29 is 14.9 Å². The van der Waals surface area contributed by atoms with E-state index in [1.54, 1.807) is 6.07 Å². The van der Waals surface area contributed by atoms with Gasteiger partial charge in [-0.15, -0.1) is 0 Å². The average molecular weight is 222 g/mol. The van der Waals surface area contributed by atoms with Crippen molar-refractivity contribution in [2.24, 2.45) is 0 Å². The summed E-state index contributed by atoms with van der Waals surface area (Å²) in [6.07, 6.45) is 1.62. The lowest BCUT2D eigenvalue weighted by Crippen LogP contribution is -2.40. The summed E-state index contributed by atoms with van der Waals surface area (Å²) in [4.78, 5) is 0. The van der Waals surface area contributed by atoms with E-state index in [-0.39, 0.29) is 6.61 Å². The highest BCUT2D eigenvalue weighted by molar-refractivity contribution is 5.53. The van der Waals surface area contributed by atoms with Crippen molar-refractivity contribution in [1.82, 2.24) is 0 Å². The number of hydrogen-bond acceptors (Lipinski definition) is 3. The zero-order valence-corrected chi connectivity index (χ0v) is 10.0. The lowest BCUT2D eigenvalue weighted by molar-refractivity contribution is 0.00726. The number of rotatable bonds is 1. The molecule has 0 radical (unpaired) electrons. The van der Waals surface area contributed by atoms with Gasteiger partial charge >= 0.3 is 0 Å². The molecule has 2 rings (SSSR count). The van der Waals surface area contributed by atoms with Crippen LogP contribution in [0.15, 0.2) is 6.07 Å². The van der Waals surface area contributed by atoms with Crippen molar-refractivity contribution in [2.45, 2.75) is 39.2 Å². The Morgan fingerprint density at radius 1 is 1.44 bits per heavy atom. The maximum atomic E-state index is 9.74. The smallest absolute Gasteiger partial charge is 0.129 e. The lowest BCUT2D eigenvalue weighted by atomic mass is 9.89. The average Bonchev–Trinajstić information content (AvgIpc) is 2.26. The molecule has 3 nitrogen and oxygen atoms in total. The van der Waals surface area contributed by atoms with Crippen molar-refractivity contribution in [3.05, 3.63) is 22.8 Å². The van der Waals surface area contributed by atoms with Gasteiger partial charge in [0.05, 0.1) is 6.61 Å². The highest BCUT2D eigenvalue weighted by atomic mass is 16.5. The molecule has 0 bridgehead atoms. The molecule has 3 heteroatoms. The molecule has 0 amide bonds. The van der Waals surface area contributed by atoms with Crippen LogP contribution < -0.4 is 4.74 Å². The maximum absolute atomic E-state index is 9.74. The number of aliphatic hydroxyl groups is 1. The number of aromatic hydroxyl groups is 1. The Hall–Kier alpha value is -1.22. The van der Waals surface area contributed by atoms with Gasteiger partial charge in [-0.3, -0.25) is 0 Å². The monoisotopic (exact) mass is 222 g/mol. The number of phenolic OH excluding ortho intramolecular Hbond substituents is 1. The molecule has 0 unspecified atom stereocenters. The SMILES string of the molecule is Cc1cc(O)c(C)c2c1O[C@](C)(CO)CC2. The first kappa shape index (κ1) is 11.3. The molecule has 0 saturated carbocycles. The Morgan fingerprint density at radius 3 is 2.75 bits per heavy atom. The second-order valence-corrected chi connectivity index (χ2v) is 4.86. The molecule has 1 aromatic carbocycles. The molecule has 0 fully saturated rings. The van der Waals surface area contributed by atoms with Gasteiger partial charge in [-0.05, 0) is 50.8 Å². The van der Waals surface area contributed by atoms with Crippen molar-refractivity contribution >= 4 is 0 Å². The number of ether oxygens (including phenoxy) is 1. The molecular weight excluding hydrogens is 204 g/mol. The molecule has 88 valence electrons. The van der Waals surface area contributed by atoms with Crippen LogP contribution in [0, 0.1) is 13.8 Å². The second-order valence-electron chi connectivity index (χ2n) is 4.86. The van der Waals surface area contributed by atoms with Crippen LogP contribution in [0.5, 0.6) is 11.5 Å². The molecule has 1 atom stereocenters. The normalized spacial score (nSPS) is 23.8. The highest BCUT2D eigenvalue weighted by Gasteiger charge is 2.33. The summed E-state index contributed by atoms with van der Waals surface area (Å²) in [6, 6.07) is 1.72. The molecule has 0 aromatic heterocycles. The first-order chi connectivity index (χ1) is 7.47. The Bertz CT molecular complexity index is 426. The quantitative estimate of drug-likeness (QED) is 0.765. The van der Waals surface area contributed by atoms with Gasteiger partial charge in [-0.2, -0.15) is 0 Å². The summed E-state index contributed by atoms with van der Waals surface area (Å²) in [5.74, 6) is 1.16. The standard InChI is InChI=1S/C13H18O3/c1-8-6-11(15)9(2)10-4-5-13(3,7-14)16-12(8)10/h6,14-15H,4-5,7H2,1-3H3/t13-/m0/s1. The van der Waals surface area contributed by atoms with Crippen LogP contribution in [0.1, 0.15) is 30.0 Å². The van der Waals surface area contributed by atoms with Gasteiger partial charge in [0.1, 0.15) is 17.1 Å². The zero-order chi connectivity index (χ0) is 11.9. The van der Waals surface area contributed by atoms with Gasteiger partial charge < -0.3 is 14.9 Å². The minimum Gasteiger partial charge on any atom is -0.508 e. The number of hydrogen-bond donors (Lipinski definition) is 2. The molecule has 0 aliphatic carbocycles. The molecular formula is C13H18O3. The van der Waals surface area contributed by atoms with Crippen LogP contribution in [0.3, 0.4) is 0 Å². The molecule has 16 heavy (non-hydrogen) atoms. The molecule has 0 spiro atoms. The Morgan fingerprint density at radius 2 is 2.12 bits per heavy atom. The van der Waals surface area contributed by atoms with E-state index in [9.17, 15) is 10.2 Å². The van der Waals surface area contributed by atoms with E-state index in [1.807, 2.05) is 20.8 Å². The van der Waals surface area contributed by atoms with Crippen molar-refractivity contribution in [1.29, 1.82) is 0 Å². The predicted octanol–water partition coefficient (Wildman–Crippen LogP) is 2.09. The van der Waals surface area contributed by atoms with E-state index < -0.39 is 5.60 Å². The van der Waals surface area contributed by atoms with Gasteiger partial charge in [0.25, 0.3) is 0 Å². The van der Waals surface area contributed by atoms with Gasteiger partial charge in [0.15, 0.2) is 0 Å². The van der Waals surface area contributed by atoms with Crippen molar-refractivity contribution in [3.63, 3.8) is 0 Å². The first-order valence-electron chi connectivity index (χ1n) is 5.59. The fraction of sp³-hybridized carbons (Fsp3) is 0.538. The fourth-order valence-electron chi connectivity index (χ4n) is 2.18. The Balaban J connectivity index is 2.51. The molecule has 0 saturated heterocycles. The summed E-state index contributed by atoms with van der Waals surface area (Å²) in [6.45, 7) is 5.75. The minimum absolute atomic E-state index is 0.0196. The topological polar surface area (TPSA) is 49.7 Å². The predicted molar refractivity (Wildman–Crippen MR) is 62.0 cm³/mol. The third kappa shape index (κ3) is 1.65. The minimum atomic E-state index is -0.485. The van der Waals surface area contributed by atoms with Gasteiger partial charge in [0, 0.05) is 5.56 Å². The number of phenols is 1. The molecule has 1 heterocycles. The molecule has 2 N–H and O–H groups in total. The van der Waals surface area contributed by atoms with Crippen LogP contribution >= 0.6 is 0 Å².